The molecule has 1 amide bonds. The minimum absolute atomic E-state index is 0.113. The molecule has 9 nitrogen and oxygen atoms in total. The van der Waals surface area contributed by atoms with Crippen molar-refractivity contribution in [2.45, 2.75) is 5.75 Å². The monoisotopic (exact) mass is 610 g/mol. The third-order valence-electron chi connectivity index (χ3n) is 7.20. The number of anilines is 3. The maximum absolute atomic E-state index is 13.6. The number of benzene rings is 4. The second-order valence-electron chi connectivity index (χ2n) is 10.6. The highest BCUT2D eigenvalue weighted by molar-refractivity contribution is 7.92. The van der Waals surface area contributed by atoms with Crippen LogP contribution in [0.1, 0.15) is 27.0 Å². The van der Waals surface area contributed by atoms with Crippen LogP contribution in [0.4, 0.5) is 17.1 Å². The van der Waals surface area contributed by atoms with Gasteiger partial charge in [0.05, 0.1) is 41.1 Å². The van der Waals surface area contributed by atoms with Crippen LogP contribution in [0.5, 0.6) is 0 Å². The standard InChI is InChI=1S/C34H34N4O5S/c1-37(2)20-21-38(44(41,42)23-24-10-6-4-7-11-24)28-17-15-27(16-18-28)35-32(25-12-8-5-9-13-25)31-29-19-14-26(34(40)43-3)22-30(29)36-33(31)39/h4-19,22,35H,20-21,23H2,1-3H3,(H,36,39). The molecule has 44 heavy (non-hydrogen) atoms. The molecule has 0 unspecified atom stereocenters. The molecule has 0 spiro atoms. The van der Waals surface area contributed by atoms with E-state index in [9.17, 15) is 18.0 Å². The first-order valence-corrected chi connectivity index (χ1v) is 15.7. The highest BCUT2D eigenvalue weighted by Gasteiger charge is 2.30. The molecule has 0 saturated heterocycles. The number of nitrogens with one attached hydrogen (secondary N) is 2. The molecule has 1 aliphatic rings. The topological polar surface area (TPSA) is 108 Å². The van der Waals surface area contributed by atoms with E-state index in [0.29, 0.717) is 58.1 Å². The molecule has 0 bridgehead atoms. The first kappa shape index (κ1) is 30.5. The summed E-state index contributed by atoms with van der Waals surface area (Å²) in [6.45, 7) is 0.837. The number of amides is 1. The van der Waals surface area contributed by atoms with E-state index in [1.807, 2.05) is 67.5 Å². The summed E-state index contributed by atoms with van der Waals surface area (Å²) in [4.78, 5) is 27.3. The number of methoxy groups -OCH3 is 1. The Morgan fingerprint density at radius 1 is 0.841 bits per heavy atom. The average Bonchev–Trinajstić information content (AvgIpc) is 3.35. The second-order valence-corrected chi connectivity index (χ2v) is 12.5. The molecule has 5 rings (SSSR count). The summed E-state index contributed by atoms with van der Waals surface area (Å²) in [5.74, 6) is -0.921. The molecule has 0 radical (unpaired) electrons. The Hall–Kier alpha value is -4.93. The van der Waals surface area contributed by atoms with E-state index in [-0.39, 0.29) is 11.7 Å². The lowest BCUT2D eigenvalue weighted by Crippen LogP contribution is -2.37. The van der Waals surface area contributed by atoms with Crippen LogP contribution in [-0.4, -0.2) is 59.5 Å². The Bertz CT molecular complexity index is 1790. The third kappa shape index (κ3) is 6.82. The van der Waals surface area contributed by atoms with Crippen LogP contribution in [-0.2, 0) is 25.3 Å². The van der Waals surface area contributed by atoms with E-state index in [1.165, 1.54) is 11.4 Å². The number of hydrogen-bond donors (Lipinski definition) is 2. The summed E-state index contributed by atoms with van der Waals surface area (Å²) in [7, 11) is 1.44. The van der Waals surface area contributed by atoms with Crippen LogP contribution in [0.15, 0.2) is 103 Å². The fourth-order valence-electron chi connectivity index (χ4n) is 4.99. The lowest BCUT2D eigenvalue weighted by atomic mass is 9.99. The number of carbonyl (C=O) groups excluding carboxylic acids is 2. The van der Waals surface area contributed by atoms with Gasteiger partial charge in [0.1, 0.15) is 0 Å². The van der Waals surface area contributed by atoms with Crippen molar-refractivity contribution in [1.29, 1.82) is 0 Å². The van der Waals surface area contributed by atoms with E-state index in [4.69, 9.17) is 4.74 Å². The molecule has 10 heteroatoms. The first-order valence-electron chi connectivity index (χ1n) is 14.1. The Kier molecular flexibility index (Phi) is 9.12. The van der Waals surface area contributed by atoms with Crippen LogP contribution in [0.25, 0.3) is 11.3 Å². The molecule has 0 fully saturated rings. The number of likely N-dealkylation sites (N-methyl/N-ethyl adjacent to an activating group) is 1. The lowest BCUT2D eigenvalue weighted by Gasteiger charge is -2.26. The quantitative estimate of drug-likeness (QED) is 0.175. The van der Waals surface area contributed by atoms with Gasteiger partial charge in [-0.05, 0) is 61.6 Å². The van der Waals surface area contributed by atoms with Gasteiger partial charge in [-0.2, -0.15) is 0 Å². The Balaban J connectivity index is 1.50. The molecule has 1 aliphatic heterocycles. The van der Waals surface area contributed by atoms with Gasteiger partial charge in [0.15, 0.2) is 0 Å². The van der Waals surface area contributed by atoms with Crippen molar-refractivity contribution >= 4 is 50.2 Å². The predicted molar refractivity (Wildman–Crippen MR) is 175 cm³/mol. The summed E-state index contributed by atoms with van der Waals surface area (Å²) in [6.07, 6.45) is 0. The van der Waals surface area contributed by atoms with Crippen molar-refractivity contribution in [3.63, 3.8) is 0 Å². The van der Waals surface area contributed by atoms with Gasteiger partial charge >= 0.3 is 5.97 Å². The highest BCUT2D eigenvalue weighted by atomic mass is 32.2. The Labute approximate surface area is 257 Å². The number of esters is 1. The van der Waals surface area contributed by atoms with Crippen molar-refractivity contribution in [1.82, 2.24) is 4.90 Å². The number of carbonyl (C=O) groups is 2. The van der Waals surface area contributed by atoms with E-state index in [2.05, 4.69) is 10.6 Å². The summed E-state index contributed by atoms with van der Waals surface area (Å²) in [5, 5.41) is 6.27. The SMILES string of the molecule is COC(=O)c1ccc2c(c1)NC(=O)C2=C(Nc1ccc(N(CCN(C)C)S(=O)(=O)Cc2ccccc2)cc1)c1ccccc1. The van der Waals surface area contributed by atoms with Gasteiger partial charge in [0.25, 0.3) is 5.91 Å². The van der Waals surface area contributed by atoms with Crippen molar-refractivity contribution in [3.8, 4) is 0 Å². The maximum Gasteiger partial charge on any atom is 0.337 e. The summed E-state index contributed by atoms with van der Waals surface area (Å²) < 4.78 is 33.4. The fourth-order valence-corrected chi connectivity index (χ4v) is 6.56. The normalized spacial score (nSPS) is 13.7. The Morgan fingerprint density at radius 2 is 1.50 bits per heavy atom. The minimum Gasteiger partial charge on any atom is -0.465 e. The van der Waals surface area contributed by atoms with E-state index in [1.54, 1.807) is 54.6 Å². The zero-order chi connectivity index (χ0) is 31.3. The Morgan fingerprint density at radius 3 is 2.14 bits per heavy atom. The molecule has 4 aromatic rings. The van der Waals surface area contributed by atoms with Gasteiger partial charge < -0.3 is 20.3 Å². The second kappa shape index (κ2) is 13.2. The average molecular weight is 611 g/mol. The molecule has 0 saturated carbocycles. The molecule has 0 aromatic heterocycles. The molecule has 4 aromatic carbocycles. The molecule has 0 aliphatic carbocycles. The van der Waals surface area contributed by atoms with E-state index in [0.717, 1.165) is 5.56 Å². The minimum atomic E-state index is -3.68. The largest absolute Gasteiger partial charge is 0.465 e. The fraction of sp³-hybridized carbons (Fsp3) is 0.176. The first-order chi connectivity index (χ1) is 21.2. The van der Waals surface area contributed by atoms with Crippen LogP contribution in [0, 0.1) is 0 Å². The summed E-state index contributed by atoms with van der Waals surface area (Å²) in [6, 6.07) is 30.7. The maximum atomic E-state index is 13.6. The van der Waals surface area contributed by atoms with Crippen LogP contribution in [0.2, 0.25) is 0 Å². The van der Waals surface area contributed by atoms with Crippen molar-refractivity contribution in [3.05, 3.63) is 125 Å². The number of nitrogens with zero attached hydrogens (tertiary/aromatic N) is 2. The number of ether oxygens (including phenoxy) is 1. The van der Waals surface area contributed by atoms with Crippen molar-refractivity contribution in [2.75, 3.05) is 49.2 Å². The summed E-state index contributed by atoms with van der Waals surface area (Å²) >= 11 is 0. The van der Waals surface area contributed by atoms with Gasteiger partial charge in [0, 0.05) is 24.3 Å². The predicted octanol–water partition coefficient (Wildman–Crippen LogP) is 5.30. The summed E-state index contributed by atoms with van der Waals surface area (Å²) in [5.41, 5.74) is 5.19. The van der Waals surface area contributed by atoms with E-state index >= 15 is 0 Å². The van der Waals surface area contributed by atoms with Crippen LogP contribution >= 0.6 is 0 Å². The molecular formula is C34H34N4O5S. The number of hydrogen-bond acceptors (Lipinski definition) is 7. The lowest BCUT2D eigenvalue weighted by molar-refractivity contribution is -0.110. The highest BCUT2D eigenvalue weighted by Crippen LogP contribution is 2.38. The van der Waals surface area contributed by atoms with Crippen molar-refractivity contribution in [2.24, 2.45) is 0 Å². The smallest absolute Gasteiger partial charge is 0.337 e. The molecule has 1 heterocycles. The molecule has 0 atom stereocenters. The van der Waals surface area contributed by atoms with Gasteiger partial charge in [-0.25, -0.2) is 13.2 Å². The van der Waals surface area contributed by atoms with Gasteiger partial charge in [-0.3, -0.25) is 9.10 Å². The van der Waals surface area contributed by atoms with Crippen molar-refractivity contribution < 1.29 is 22.7 Å². The third-order valence-corrected chi connectivity index (χ3v) is 8.96. The van der Waals surface area contributed by atoms with Gasteiger partial charge in [-0.15, -0.1) is 0 Å². The van der Waals surface area contributed by atoms with Crippen LogP contribution in [0.3, 0.4) is 0 Å². The van der Waals surface area contributed by atoms with Gasteiger partial charge in [0.2, 0.25) is 10.0 Å². The molecule has 226 valence electrons. The molecule has 2 N–H and O–H groups in total. The van der Waals surface area contributed by atoms with E-state index < -0.39 is 16.0 Å². The zero-order valence-corrected chi connectivity index (χ0v) is 25.6. The zero-order valence-electron chi connectivity index (χ0n) is 24.8. The van der Waals surface area contributed by atoms with Crippen LogP contribution < -0.4 is 14.9 Å². The molecular weight excluding hydrogens is 576 g/mol. The number of fused-ring (bicyclic) bond motifs is 1. The number of rotatable bonds is 11. The number of sulfonamides is 1. The van der Waals surface area contributed by atoms with Gasteiger partial charge in [-0.1, -0.05) is 66.7 Å².